The number of hydrogen-bond donors (Lipinski definition) is 3. The van der Waals surface area contributed by atoms with E-state index in [0.717, 1.165) is 28.1 Å². The summed E-state index contributed by atoms with van der Waals surface area (Å²) in [7, 11) is 0. The van der Waals surface area contributed by atoms with Gasteiger partial charge in [-0.25, -0.2) is 0 Å². The molecule has 5 nitrogen and oxygen atoms in total. The van der Waals surface area contributed by atoms with Gasteiger partial charge in [0.05, 0.1) is 16.9 Å². The highest BCUT2D eigenvalue weighted by Gasteiger charge is 2.10. The minimum absolute atomic E-state index is 0.614. The Labute approximate surface area is 122 Å². The molecule has 0 saturated heterocycles. The number of H-pyrrole nitrogens is 2. The molecule has 2 heterocycles. The number of nitrogen functional groups attached to an aromatic ring is 1. The van der Waals surface area contributed by atoms with Crippen molar-refractivity contribution in [2.24, 2.45) is 0 Å². The maximum absolute atomic E-state index is 6.02. The highest BCUT2D eigenvalue weighted by atomic mass is 35.5. The van der Waals surface area contributed by atoms with Gasteiger partial charge in [-0.05, 0) is 43.2 Å². The van der Waals surface area contributed by atoms with Gasteiger partial charge in [-0.1, -0.05) is 11.6 Å². The molecule has 20 heavy (non-hydrogen) atoms. The van der Waals surface area contributed by atoms with Gasteiger partial charge in [0.2, 0.25) is 0 Å². The zero-order valence-electron chi connectivity index (χ0n) is 11.3. The summed E-state index contributed by atoms with van der Waals surface area (Å²) in [5, 5.41) is 13.6. The SMILES string of the molecule is Cc1cc(N)c(C)c(-c2[nH]ncc2Cl)c1.c1cn[nH]c1. The van der Waals surface area contributed by atoms with Crippen LogP contribution in [0, 0.1) is 13.8 Å². The van der Waals surface area contributed by atoms with E-state index >= 15 is 0 Å². The Kier molecular flexibility index (Phi) is 4.42. The second-order valence-corrected chi connectivity index (χ2v) is 4.79. The van der Waals surface area contributed by atoms with E-state index in [4.69, 9.17) is 17.3 Å². The lowest BCUT2D eigenvalue weighted by Crippen LogP contribution is -1.94. The average Bonchev–Trinajstić information content (AvgIpc) is 3.08. The fraction of sp³-hybridized carbons (Fsp3) is 0.143. The van der Waals surface area contributed by atoms with Gasteiger partial charge >= 0.3 is 0 Å². The highest BCUT2D eigenvalue weighted by molar-refractivity contribution is 6.33. The van der Waals surface area contributed by atoms with Crippen LogP contribution in [0.25, 0.3) is 11.3 Å². The quantitative estimate of drug-likeness (QED) is 0.601. The van der Waals surface area contributed by atoms with Crippen molar-refractivity contribution >= 4 is 17.3 Å². The summed E-state index contributed by atoms with van der Waals surface area (Å²) >= 11 is 6.02. The first-order valence-corrected chi connectivity index (χ1v) is 6.47. The van der Waals surface area contributed by atoms with Gasteiger partial charge in [0, 0.05) is 23.6 Å². The summed E-state index contributed by atoms with van der Waals surface area (Å²) in [5.74, 6) is 0. The Hall–Kier alpha value is -2.27. The summed E-state index contributed by atoms with van der Waals surface area (Å²) in [6.45, 7) is 3.98. The first kappa shape index (κ1) is 14.1. The number of anilines is 1. The number of aryl methyl sites for hydroxylation is 1. The Balaban J connectivity index is 0.000000247. The fourth-order valence-electron chi connectivity index (χ4n) is 1.82. The molecule has 0 amide bonds. The molecule has 0 radical (unpaired) electrons. The van der Waals surface area contributed by atoms with E-state index in [0.29, 0.717) is 5.02 Å². The molecule has 0 bridgehead atoms. The number of nitrogens with one attached hydrogen (secondary N) is 2. The number of halogens is 1. The van der Waals surface area contributed by atoms with Crippen LogP contribution in [0.5, 0.6) is 0 Å². The maximum Gasteiger partial charge on any atom is 0.0863 e. The highest BCUT2D eigenvalue weighted by Crippen LogP contribution is 2.31. The molecule has 0 aliphatic heterocycles. The molecule has 0 unspecified atom stereocenters. The first-order valence-electron chi connectivity index (χ1n) is 6.09. The molecule has 6 heteroatoms. The van der Waals surface area contributed by atoms with Crippen LogP contribution in [0.15, 0.2) is 36.8 Å². The van der Waals surface area contributed by atoms with Gasteiger partial charge in [0.25, 0.3) is 0 Å². The van der Waals surface area contributed by atoms with Gasteiger partial charge in [-0.2, -0.15) is 10.2 Å². The third-order valence-electron chi connectivity index (χ3n) is 2.86. The van der Waals surface area contributed by atoms with Gasteiger partial charge in [-0.3, -0.25) is 10.2 Å². The van der Waals surface area contributed by atoms with E-state index in [1.54, 1.807) is 18.6 Å². The Morgan fingerprint density at radius 1 is 1.20 bits per heavy atom. The summed E-state index contributed by atoms with van der Waals surface area (Å²) in [5.41, 5.74) is 10.6. The maximum atomic E-state index is 6.02. The average molecular weight is 290 g/mol. The van der Waals surface area contributed by atoms with Crippen molar-refractivity contribution < 1.29 is 0 Å². The molecule has 0 aliphatic rings. The van der Waals surface area contributed by atoms with Crippen LogP contribution in [0.3, 0.4) is 0 Å². The van der Waals surface area contributed by atoms with Crippen molar-refractivity contribution in [1.29, 1.82) is 0 Å². The summed E-state index contributed by atoms with van der Waals surface area (Å²) in [6, 6.07) is 5.83. The standard InChI is InChI=1S/C11H12ClN3.C3H4N2/c1-6-3-8(7(2)10(13)4-6)11-9(12)5-14-15-11;1-2-4-5-3-1/h3-5H,13H2,1-2H3,(H,14,15);1-3H,(H,4,5). The van der Waals surface area contributed by atoms with E-state index in [1.807, 2.05) is 32.0 Å². The molecule has 4 N–H and O–H groups in total. The predicted molar refractivity (Wildman–Crippen MR) is 81.5 cm³/mol. The van der Waals surface area contributed by atoms with Crippen molar-refractivity contribution in [2.75, 3.05) is 5.73 Å². The van der Waals surface area contributed by atoms with E-state index in [1.165, 1.54) is 0 Å². The van der Waals surface area contributed by atoms with E-state index < -0.39 is 0 Å². The van der Waals surface area contributed by atoms with Crippen molar-refractivity contribution in [3.63, 3.8) is 0 Å². The van der Waals surface area contributed by atoms with Crippen LogP contribution in [-0.2, 0) is 0 Å². The molecule has 3 rings (SSSR count). The van der Waals surface area contributed by atoms with Crippen LogP contribution >= 0.6 is 11.6 Å². The predicted octanol–water partition coefficient (Wildman–Crippen LogP) is 3.34. The summed E-state index contributed by atoms with van der Waals surface area (Å²) in [6.07, 6.45) is 5.05. The molecular weight excluding hydrogens is 274 g/mol. The Bertz CT molecular complexity index is 656. The lowest BCUT2D eigenvalue weighted by Gasteiger charge is -2.08. The van der Waals surface area contributed by atoms with Crippen LogP contribution in [-0.4, -0.2) is 20.4 Å². The second-order valence-electron chi connectivity index (χ2n) is 4.39. The van der Waals surface area contributed by atoms with E-state index in [-0.39, 0.29) is 0 Å². The molecule has 104 valence electrons. The van der Waals surface area contributed by atoms with Crippen molar-refractivity contribution in [3.05, 3.63) is 52.9 Å². The van der Waals surface area contributed by atoms with Crippen LogP contribution < -0.4 is 5.73 Å². The fourth-order valence-corrected chi connectivity index (χ4v) is 2.01. The summed E-state index contributed by atoms with van der Waals surface area (Å²) < 4.78 is 0. The third kappa shape index (κ3) is 3.19. The van der Waals surface area contributed by atoms with Gasteiger partial charge < -0.3 is 5.73 Å². The zero-order valence-corrected chi connectivity index (χ0v) is 12.1. The number of benzene rings is 1. The van der Waals surface area contributed by atoms with E-state index in [9.17, 15) is 0 Å². The van der Waals surface area contributed by atoms with Gasteiger partial charge in [0.1, 0.15) is 0 Å². The largest absolute Gasteiger partial charge is 0.398 e. The van der Waals surface area contributed by atoms with E-state index in [2.05, 4.69) is 20.4 Å². The number of rotatable bonds is 1. The Morgan fingerprint density at radius 2 is 2.00 bits per heavy atom. The minimum Gasteiger partial charge on any atom is -0.398 e. The monoisotopic (exact) mass is 289 g/mol. The molecule has 0 atom stereocenters. The smallest absolute Gasteiger partial charge is 0.0863 e. The molecule has 0 fully saturated rings. The third-order valence-corrected chi connectivity index (χ3v) is 3.15. The van der Waals surface area contributed by atoms with Gasteiger partial charge in [-0.15, -0.1) is 0 Å². The van der Waals surface area contributed by atoms with Crippen LogP contribution in [0.2, 0.25) is 5.02 Å². The van der Waals surface area contributed by atoms with Crippen molar-refractivity contribution in [1.82, 2.24) is 20.4 Å². The second kappa shape index (κ2) is 6.25. The minimum atomic E-state index is 0.614. The lowest BCUT2D eigenvalue weighted by atomic mass is 10.0. The first-order chi connectivity index (χ1) is 9.59. The zero-order chi connectivity index (χ0) is 14.5. The van der Waals surface area contributed by atoms with Crippen LogP contribution in [0.1, 0.15) is 11.1 Å². The number of aromatic amines is 2. The number of nitrogens with zero attached hydrogens (tertiary/aromatic N) is 2. The molecule has 3 aromatic rings. The molecule has 0 aliphatic carbocycles. The van der Waals surface area contributed by atoms with Crippen molar-refractivity contribution in [2.45, 2.75) is 13.8 Å². The topological polar surface area (TPSA) is 83.4 Å². The summed E-state index contributed by atoms with van der Waals surface area (Å²) in [4.78, 5) is 0. The van der Waals surface area contributed by atoms with Gasteiger partial charge in [0.15, 0.2) is 0 Å². The number of hydrogen-bond acceptors (Lipinski definition) is 3. The van der Waals surface area contributed by atoms with Crippen molar-refractivity contribution in [3.8, 4) is 11.3 Å². The number of nitrogens with two attached hydrogens (primary N) is 1. The molecule has 1 aromatic carbocycles. The molecular formula is C14H16ClN5. The molecule has 0 spiro atoms. The normalized spacial score (nSPS) is 9.95. The lowest BCUT2D eigenvalue weighted by molar-refractivity contribution is 1.09. The van der Waals surface area contributed by atoms with Crippen LogP contribution in [0.4, 0.5) is 5.69 Å². The number of aromatic nitrogens is 4. The molecule has 2 aromatic heterocycles. The molecule has 0 saturated carbocycles. The Morgan fingerprint density at radius 3 is 2.50 bits per heavy atom.